The van der Waals surface area contributed by atoms with Crippen LogP contribution >= 0.6 is 0 Å². The van der Waals surface area contributed by atoms with Crippen LogP contribution in [0.15, 0.2) is 0 Å². The number of ether oxygens (including phenoxy) is 5. The van der Waals surface area contributed by atoms with Gasteiger partial charge in [-0.15, -0.1) is 0 Å². The van der Waals surface area contributed by atoms with E-state index in [0.29, 0.717) is 76.4 Å². The maximum absolute atomic E-state index is 8.66. The topological polar surface area (TPSA) is 66.4 Å². The van der Waals surface area contributed by atoms with Crippen molar-refractivity contribution < 1.29 is 28.8 Å². The summed E-state index contributed by atoms with van der Waals surface area (Å²) in [6.45, 7) is 17.8. The van der Waals surface area contributed by atoms with Crippen LogP contribution in [0.4, 0.5) is 0 Å². The van der Waals surface area contributed by atoms with E-state index in [1.807, 2.05) is 0 Å². The lowest BCUT2D eigenvalue weighted by molar-refractivity contribution is -0.139. The molecule has 0 spiro atoms. The molecule has 0 unspecified atom stereocenters. The molecule has 0 aromatic carbocycles. The molecule has 6 nitrogen and oxygen atoms in total. The van der Waals surface area contributed by atoms with E-state index in [1.54, 1.807) is 0 Å². The van der Waals surface area contributed by atoms with Crippen LogP contribution in [0.5, 0.6) is 0 Å². The molecule has 4 aliphatic rings. The number of hydrogen-bond donors (Lipinski definition) is 1. The van der Waals surface area contributed by atoms with Crippen molar-refractivity contribution in [2.45, 2.75) is 118 Å². The van der Waals surface area contributed by atoms with Crippen LogP contribution in [0.1, 0.15) is 112 Å². The number of fused-ring (bicyclic) bond motifs is 5. The minimum Gasteiger partial charge on any atom is -0.394 e. The quantitative estimate of drug-likeness (QED) is 0.144. The van der Waals surface area contributed by atoms with Gasteiger partial charge in [0.1, 0.15) is 0 Å². The summed E-state index contributed by atoms with van der Waals surface area (Å²) < 4.78 is 28.3. The Hall–Kier alpha value is -0.240. The van der Waals surface area contributed by atoms with Gasteiger partial charge in [0, 0.05) is 0 Å². The molecule has 9 atom stereocenters. The second kappa shape index (κ2) is 17.6. The third-order valence-corrected chi connectivity index (χ3v) is 12.8. The number of hydrogen-bond acceptors (Lipinski definition) is 6. The van der Waals surface area contributed by atoms with Crippen LogP contribution in [0.25, 0.3) is 0 Å². The zero-order chi connectivity index (χ0) is 30.7. The van der Waals surface area contributed by atoms with Crippen molar-refractivity contribution in [3.63, 3.8) is 0 Å². The average molecular weight is 609 g/mol. The molecule has 0 heterocycles. The first-order chi connectivity index (χ1) is 20.8. The Morgan fingerprint density at radius 3 is 1.91 bits per heavy atom. The molecule has 0 radical (unpaired) electrons. The van der Waals surface area contributed by atoms with Gasteiger partial charge in [-0.3, -0.25) is 0 Å². The highest BCUT2D eigenvalue weighted by Gasteiger charge is 2.60. The Morgan fingerprint density at radius 1 is 0.651 bits per heavy atom. The van der Waals surface area contributed by atoms with Gasteiger partial charge in [0.25, 0.3) is 0 Å². The number of aliphatic hydroxyl groups excluding tert-OH is 1. The van der Waals surface area contributed by atoms with E-state index in [9.17, 15) is 0 Å². The lowest BCUT2D eigenvalue weighted by Crippen LogP contribution is -2.54. The molecule has 252 valence electrons. The molecular formula is C37H68O6. The van der Waals surface area contributed by atoms with Gasteiger partial charge in [-0.1, -0.05) is 53.9 Å². The Labute approximate surface area is 264 Å². The third kappa shape index (κ3) is 9.41. The zero-order valence-corrected chi connectivity index (χ0v) is 28.7. The molecule has 4 rings (SSSR count). The van der Waals surface area contributed by atoms with E-state index in [0.717, 1.165) is 41.4 Å². The van der Waals surface area contributed by atoms with Crippen molar-refractivity contribution in [3.8, 4) is 0 Å². The Balaban J connectivity index is 1.11. The van der Waals surface area contributed by atoms with Gasteiger partial charge in [0.15, 0.2) is 0 Å². The van der Waals surface area contributed by atoms with Crippen LogP contribution in [0.3, 0.4) is 0 Å². The molecule has 0 saturated heterocycles. The van der Waals surface area contributed by atoms with Crippen LogP contribution in [0.2, 0.25) is 0 Å². The van der Waals surface area contributed by atoms with Gasteiger partial charge in [0.2, 0.25) is 0 Å². The lowest BCUT2D eigenvalue weighted by atomic mass is 9.44. The standard InChI is InChI=1S/C37H68O6/c1-28(2)7-6-8-29(3)33-11-12-34-32-10-9-30-27-31(13-15-36(30,4)35(32)14-16-37(33,34)5)43-26-25-42-24-23-41-22-21-40-20-19-39-18-17-38/h28-35,38H,6-27H2,1-5H3/t29-,30+,31+,32+,33-,34+,35+,36+,37-/m1/s1. The number of aliphatic hydroxyl groups is 1. The first-order valence-corrected chi connectivity index (χ1v) is 18.3. The van der Waals surface area contributed by atoms with E-state index in [1.165, 1.54) is 77.0 Å². The predicted octanol–water partition coefficient (Wildman–Crippen LogP) is 7.55. The molecule has 4 fully saturated rings. The highest BCUT2D eigenvalue weighted by Crippen LogP contribution is 2.68. The number of rotatable bonds is 20. The molecule has 0 bridgehead atoms. The van der Waals surface area contributed by atoms with Crippen LogP contribution in [-0.2, 0) is 23.7 Å². The van der Waals surface area contributed by atoms with E-state index < -0.39 is 0 Å². The first kappa shape index (κ1) is 35.6. The van der Waals surface area contributed by atoms with Crippen molar-refractivity contribution in [1.29, 1.82) is 0 Å². The Bertz CT molecular complexity index is 776. The third-order valence-electron chi connectivity index (χ3n) is 12.8. The largest absolute Gasteiger partial charge is 0.394 e. The molecule has 0 aliphatic heterocycles. The first-order valence-electron chi connectivity index (χ1n) is 18.3. The maximum Gasteiger partial charge on any atom is 0.0704 e. The molecule has 6 heteroatoms. The normalized spacial score (nSPS) is 36.3. The predicted molar refractivity (Wildman–Crippen MR) is 173 cm³/mol. The van der Waals surface area contributed by atoms with Gasteiger partial charge in [-0.25, -0.2) is 0 Å². The summed E-state index contributed by atoms with van der Waals surface area (Å²) in [5.41, 5.74) is 1.12. The van der Waals surface area contributed by atoms with Crippen LogP contribution in [0, 0.1) is 52.3 Å². The van der Waals surface area contributed by atoms with Gasteiger partial charge < -0.3 is 28.8 Å². The SMILES string of the molecule is CC(C)CCC[C@@H](C)[C@H]1CC[C@H]2[C@@H]3CC[C@H]4C[C@@H](OCCOCCOCCOCCOCCO)CC[C@]4(C)[C@H]3CC[C@]12C. The second-order valence-electron chi connectivity index (χ2n) is 15.6. The van der Waals surface area contributed by atoms with E-state index in [4.69, 9.17) is 28.8 Å². The van der Waals surface area contributed by atoms with E-state index >= 15 is 0 Å². The molecular weight excluding hydrogens is 540 g/mol. The Kier molecular flexibility index (Phi) is 14.6. The summed E-state index contributed by atoms with van der Waals surface area (Å²) >= 11 is 0. The second-order valence-corrected chi connectivity index (χ2v) is 15.6. The molecule has 43 heavy (non-hydrogen) atoms. The maximum atomic E-state index is 8.66. The molecule has 0 amide bonds. The van der Waals surface area contributed by atoms with Gasteiger partial charge >= 0.3 is 0 Å². The summed E-state index contributed by atoms with van der Waals surface area (Å²) in [4.78, 5) is 0. The molecule has 0 aromatic rings. The van der Waals surface area contributed by atoms with Crippen molar-refractivity contribution in [2.75, 3.05) is 66.1 Å². The molecule has 1 N–H and O–H groups in total. The van der Waals surface area contributed by atoms with Gasteiger partial charge in [-0.2, -0.15) is 0 Å². The summed E-state index contributed by atoms with van der Waals surface area (Å²) in [5.74, 6) is 6.42. The molecule has 4 saturated carbocycles. The summed E-state index contributed by atoms with van der Waals surface area (Å²) in [7, 11) is 0. The average Bonchev–Trinajstić information content (AvgIpc) is 3.34. The van der Waals surface area contributed by atoms with Crippen molar-refractivity contribution >= 4 is 0 Å². The summed E-state index contributed by atoms with van der Waals surface area (Å²) in [6.07, 6.45) is 17.4. The molecule has 4 aliphatic carbocycles. The van der Waals surface area contributed by atoms with Crippen molar-refractivity contribution in [1.82, 2.24) is 0 Å². The highest BCUT2D eigenvalue weighted by molar-refractivity contribution is 5.09. The summed E-state index contributed by atoms with van der Waals surface area (Å²) in [5, 5.41) is 8.66. The van der Waals surface area contributed by atoms with Gasteiger partial charge in [0.05, 0.1) is 72.2 Å². The van der Waals surface area contributed by atoms with Crippen molar-refractivity contribution in [3.05, 3.63) is 0 Å². The van der Waals surface area contributed by atoms with E-state index in [-0.39, 0.29) is 6.61 Å². The highest BCUT2D eigenvalue weighted by atomic mass is 16.6. The van der Waals surface area contributed by atoms with Crippen LogP contribution < -0.4 is 0 Å². The smallest absolute Gasteiger partial charge is 0.0704 e. The summed E-state index contributed by atoms with van der Waals surface area (Å²) in [6, 6.07) is 0. The zero-order valence-electron chi connectivity index (χ0n) is 28.7. The minimum atomic E-state index is 0.0500. The van der Waals surface area contributed by atoms with Crippen molar-refractivity contribution in [2.24, 2.45) is 52.3 Å². The lowest BCUT2D eigenvalue weighted by Gasteiger charge is -2.61. The van der Waals surface area contributed by atoms with Gasteiger partial charge in [-0.05, 0) is 110 Å². The monoisotopic (exact) mass is 609 g/mol. The van der Waals surface area contributed by atoms with Crippen LogP contribution in [-0.4, -0.2) is 77.3 Å². The van der Waals surface area contributed by atoms with E-state index in [2.05, 4.69) is 34.6 Å². The molecule has 0 aromatic heterocycles. The fourth-order valence-corrected chi connectivity index (χ4v) is 10.5. The fourth-order valence-electron chi connectivity index (χ4n) is 10.5. The fraction of sp³-hybridized carbons (Fsp3) is 1.00. The Morgan fingerprint density at radius 2 is 1.26 bits per heavy atom. The minimum absolute atomic E-state index is 0.0500.